The lowest BCUT2D eigenvalue weighted by atomic mass is 10.4. The lowest BCUT2D eigenvalue weighted by Gasteiger charge is -2.04. The summed E-state index contributed by atoms with van der Waals surface area (Å²) < 4.78 is 4.44. The molecule has 0 spiro atoms. The summed E-state index contributed by atoms with van der Waals surface area (Å²) in [6.45, 7) is 0.0197. The lowest BCUT2D eigenvalue weighted by Crippen LogP contribution is -2.30. The van der Waals surface area contributed by atoms with Crippen molar-refractivity contribution in [1.29, 1.82) is 0 Å². The summed E-state index contributed by atoms with van der Waals surface area (Å²) in [4.78, 5) is 9.96. The number of carboxylic acids is 1. The van der Waals surface area contributed by atoms with Crippen molar-refractivity contribution in [2.75, 3.05) is 13.7 Å². The van der Waals surface area contributed by atoms with E-state index in [1.807, 2.05) is 0 Å². The Morgan fingerprint density at radius 2 is 2.50 bits per heavy atom. The highest BCUT2D eigenvalue weighted by Crippen LogP contribution is 1.83. The third kappa shape index (κ3) is 1.90. The fourth-order valence-corrected chi connectivity index (χ4v) is 0.298. The van der Waals surface area contributed by atoms with Gasteiger partial charge in [-0.15, -0.1) is 0 Å². The summed E-state index contributed by atoms with van der Waals surface area (Å²) in [5.41, 5.74) is 4.98. The molecule has 0 saturated carbocycles. The molecule has 0 aromatic carbocycles. The minimum atomic E-state index is -1.02. The van der Waals surface area contributed by atoms with E-state index in [1.54, 1.807) is 0 Å². The Kier molecular flexibility index (Phi) is 3.14. The van der Waals surface area contributed by atoms with Crippen molar-refractivity contribution in [3.63, 3.8) is 0 Å². The van der Waals surface area contributed by atoms with E-state index in [9.17, 15) is 4.79 Å². The first kappa shape index (κ1) is 7.39. The van der Waals surface area contributed by atoms with Gasteiger partial charge in [0.05, 0.1) is 0 Å². The van der Waals surface area contributed by atoms with Crippen LogP contribution in [0.4, 0.5) is 0 Å². The van der Waals surface area contributed by atoms with Crippen molar-refractivity contribution in [1.82, 2.24) is 0 Å². The zero-order valence-corrected chi connectivity index (χ0v) is 4.63. The predicted octanol–water partition coefficient (Wildman–Crippen LogP) is -0.955. The Bertz CT molecular complexity index is 79.4. The first-order valence-electron chi connectivity index (χ1n) is 2.18. The van der Waals surface area contributed by atoms with Crippen LogP contribution in [0.15, 0.2) is 0 Å². The van der Waals surface area contributed by atoms with E-state index in [0.717, 1.165) is 0 Å². The van der Waals surface area contributed by atoms with Crippen LogP contribution in [-0.4, -0.2) is 30.8 Å². The van der Waals surface area contributed by atoms with Crippen LogP contribution in [0.3, 0.4) is 0 Å². The molecule has 1 atom stereocenters. The van der Waals surface area contributed by atoms with Crippen LogP contribution in [0.25, 0.3) is 0 Å². The van der Waals surface area contributed by atoms with Crippen molar-refractivity contribution in [2.45, 2.75) is 6.10 Å². The predicted molar refractivity (Wildman–Crippen MR) is 27.5 cm³/mol. The van der Waals surface area contributed by atoms with Gasteiger partial charge in [-0.3, -0.25) is 0 Å². The van der Waals surface area contributed by atoms with E-state index < -0.39 is 12.1 Å². The molecule has 0 rings (SSSR count). The number of ether oxygens (including phenoxy) is 1. The standard InChI is InChI=1S/C4H9NO3/c1-8-3(2-5)4(6)7/h3H,2,5H2,1H3,(H,6,7). The van der Waals surface area contributed by atoms with Gasteiger partial charge in [0.15, 0.2) is 6.10 Å². The van der Waals surface area contributed by atoms with Gasteiger partial charge in [0, 0.05) is 13.7 Å². The smallest absolute Gasteiger partial charge is 0.334 e. The highest BCUT2D eigenvalue weighted by Gasteiger charge is 2.11. The molecular weight excluding hydrogens is 110 g/mol. The molecule has 48 valence electrons. The molecule has 0 aliphatic rings. The zero-order chi connectivity index (χ0) is 6.57. The van der Waals surface area contributed by atoms with Crippen molar-refractivity contribution in [3.8, 4) is 0 Å². The second kappa shape index (κ2) is 3.40. The Morgan fingerprint density at radius 3 is 2.50 bits per heavy atom. The van der Waals surface area contributed by atoms with Gasteiger partial charge < -0.3 is 15.6 Å². The van der Waals surface area contributed by atoms with Crippen molar-refractivity contribution in [2.24, 2.45) is 5.73 Å². The molecule has 0 amide bonds. The van der Waals surface area contributed by atoms with Crippen LogP contribution in [-0.2, 0) is 9.53 Å². The minimum absolute atomic E-state index is 0.0197. The molecule has 0 radical (unpaired) electrons. The van der Waals surface area contributed by atoms with Gasteiger partial charge in [-0.1, -0.05) is 0 Å². The number of nitrogens with two attached hydrogens (primary N) is 1. The number of carboxylic acid groups (broad SMARTS) is 1. The third-order valence-corrected chi connectivity index (χ3v) is 0.774. The molecule has 4 heteroatoms. The molecule has 0 aliphatic heterocycles. The quantitative estimate of drug-likeness (QED) is 0.502. The number of carbonyl (C=O) groups is 1. The summed E-state index contributed by atoms with van der Waals surface area (Å²) in [6.07, 6.45) is -0.852. The van der Waals surface area contributed by atoms with Crippen LogP contribution in [0.2, 0.25) is 0 Å². The average molecular weight is 119 g/mol. The van der Waals surface area contributed by atoms with Gasteiger partial charge >= 0.3 is 5.97 Å². The number of hydrogen-bond donors (Lipinski definition) is 2. The van der Waals surface area contributed by atoms with Crippen LogP contribution in [0.1, 0.15) is 0 Å². The van der Waals surface area contributed by atoms with Crippen LogP contribution >= 0.6 is 0 Å². The molecule has 0 aliphatic carbocycles. The molecule has 3 N–H and O–H groups in total. The van der Waals surface area contributed by atoms with Crippen molar-refractivity contribution < 1.29 is 14.6 Å². The second-order valence-corrected chi connectivity index (χ2v) is 1.30. The number of methoxy groups -OCH3 is 1. The van der Waals surface area contributed by atoms with Crippen LogP contribution in [0.5, 0.6) is 0 Å². The van der Waals surface area contributed by atoms with Crippen molar-refractivity contribution in [3.05, 3.63) is 0 Å². The van der Waals surface area contributed by atoms with E-state index in [-0.39, 0.29) is 6.54 Å². The fourth-order valence-electron chi connectivity index (χ4n) is 0.298. The molecule has 4 nitrogen and oxygen atoms in total. The average Bonchev–Trinajstić information content (AvgIpc) is 1.69. The van der Waals surface area contributed by atoms with Gasteiger partial charge in [-0.2, -0.15) is 0 Å². The molecule has 8 heavy (non-hydrogen) atoms. The van der Waals surface area contributed by atoms with E-state index in [0.29, 0.717) is 0 Å². The van der Waals surface area contributed by atoms with E-state index in [4.69, 9.17) is 10.8 Å². The Hall–Kier alpha value is -0.610. The van der Waals surface area contributed by atoms with E-state index in [2.05, 4.69) is 4.74 Å². The number of rotatable bonds is 3. The van der Waals surface area contributed by atoms with E-state index >= 15 is 0 Å². The topological polar surface area (TPSA) is 72.5 Å². The molecule has 0 aromatic rings. The number of aliphatic carboxylic acids is 1. The molecular formula is C4H9NO3. The maximum atomic E-state index is 9.96. The highest BCUT2D eigenvalue weighted by atomic mass is 16.5. The van der Waals surface area contributed by atoms with Gasteiger partial charge in [0.2, 0.25) is 0 Å². The monoisotopic (exact) mass is 119 g/mol. The SMILES string of the molecule is COC(CN)C(=O)O. The number of hydrogen-bond acceptors (Lipinski definition) is 3. The van der Waals surface area contributed by atoms with Gasteiger partial charge in [-0.05, 0) is 0 Å². The van der Waals surface area contributed by atoms with E-state index in [1.165, 1.54) is 7.11 Å². The lowest BCUT2D eigenvalue weighted by molar-refractivity contribution is -0.147. The molecule has 0 fully saturated rings. The third-order valence-electron chi connectivity index (χ3n) is 0.774. The fraction of sp³-hybridized carbons (Fsp3) is 0.750. The molecule has 0 bridgehead atoms. The second-order valence-electron chi connectivity index (χ2n) is 1.30. The first-order valence-corrected chi connectivity index (χ1v) is 2.18. The summed E-state index contributed by atoms with van der Waals surface area (Å²) in [7, 11) is 1.31. The van der Waals surface area contributed by atoms with Crippen LogP contribution < -0.4 is 5.73 Å². The maximum Gasteiger partial charge on any atom is 0.334 e. The molecule has 0 saturated heterocycles. The highest BCUT2D eigenvalue weighted by molar-refractivity contribution is 5.72. The normalized spacial score (nSPS) is 13.2. The maximum absolute atomic E-state index is 9.96. The Labute approximate surface area is 47.2 Å². The van der Waals surface area contributed by atoms with Crippen molar-refractivity contribution >= 4 is 5.97 Å². The molecule has 0 aromatic heterocycles. The summed E-state index contributed by atoms with van der Waals surface area (Å²) >= 11 is 0. The summed E-state index contributed by atoms with van der Waals surface area (Å²) in [5.74, 6) is -1.02. The summed E-state index contributed by atoms with van der Waals surface area (Å²) in [5, 5.41) is 8.17. The first-order chi connectivity index (χ1) is 3.72. The van der Waals surface area contributed by atoms with Gasteiger partial charge in [0.1, 0.15) is 0 Å². The van der Waals surface area contributed by atoms with Crippen LogP contribution in [0, 0.1) is 0 Å². The minimum Gasteiger partial charge on any atom is -0.479 e. The zero-order valence-electron chi connectivity index (χ0n) is 4.63. The largest absolute Gasteiger partial charge is 0.479 e. The van der Waals surface area contributed by atoms with Gasteiger partial charge in [0.25, 0.3) is 0 Å². The molecule has 0 heterocycles. The Morgan fingerprint density at radius 1 is 2.00 bits per heavy atom. The van der Waals surface area contributed by atoms with Gasteiger partial charge in [-0.25, -0.2) is 4.79 Å². The Balaban J connectivity index is 3.52. The molecule has 1 unspecified atom stereocenters. The summed E-state index contributed by atoms with van der Waals surface area (Å²) in [6, 6.07) is 0.